The third kappa shape index (κ3) is 4.03. The highest BCUT2D eigenvalue weighted by molar-refractivity contribution is 5.97. The minimum Gasteiger partial charge on any atom is -0.409 e. The third-order valence-corrected chi connectivity index (χ3v) is 3.17. The van der Waals surface area contributed by atoms with E-state index in [9.17, 15) is 4.39 Å². The van der Waals surface area contributed by atoms with Crippen LogP contribution in [0.3, 0.4) is 0 Å². The van der Waals surface area contributed by atoms with Crippen molar-refractivity contribution in [1.29, 1.82) is 0 Å². The zero-order chi connectivity index (χ0) is 15.2. The highest BCUT2D eigenvalue weighted by atomic mass is 19.1. The Bertz CT molecular complexity index is 638. The van der Waals surface area contributed by atoms with Crippen molar-refractivity contribution < 1.29 is 9.60 Å². The normalized spacial score (nSPS) is 11.8. The van der Waals surface area contributed by atoms with Crippen LogP contribution in [0.1, 0.15) is 16.8 Å². The molecule has 0 spiro atoms. The first kappa shape index (κ1) is 15.0. The van der Waals surface area contributed by atoms with E-state index >= 15 is 0 Å². The quantitative estimate of drug-likeness (QED) is 0.243. The van der Waals surface area contributed by atoms with E-state index in [1.54, 1.807) is 12.3 Å². The van der Waals surface area contributed by atoms with Gasteiger partial charge in [-0.15, -0.1) is 0 Å². The van der Waals surface area contributed by atoms with Crippen LogP contribution in [0.4, 0.5) is 4.39 Å². The van der Waals surface area contributed by atoms with Crippen molar-refractivity contribution in [3.8, 4) is 0 Å². The molecular formula is C14H18FN5O. The Hall–Kier alpha value is -2.41. The molecular weight excluding hydrogens is 273 g/mol. The molecule has 0 aliphatic heterocycles. The van der Waals surface area contributed by atoms with Gasteiger partial charge in [-0.1, -0.05) is 5.16 Å². The minimum absolute atomic E-state index is 0.106. The number of hydrogen-bond donors (Lipinski definition) is 3. The second kappa shape index (κ2) is 6.85. The average Bonchev–Trinajstić information content (AvgIpc) is 2.87. The first-order valence-electron chi connectivity index (χ1n) is 6.55. The van der Waals surface area contributed by atoms with Gasteiger partial charge in [-0.25, -0.2) is 4.39 Å². The van der Waals surface area contributed by atoms with Crippen molar-refractivity contribution in [2.45, 2.75) is 13.0 Å². The lowest BCUT2D eigenvalue weighted by atomic mass is 10.1. The molecule has 112 valence electrons. The molecule has 1 aromatic heterocycles. The second-order valence-corrected chi connectivity index (χ2v) is 4.71. The number of oxime groups is 1. The van der Waals surface area contributed by atoms with Crippen molar-refractivity contribution >= 4 is 5.84 Å². The summed E-state index contributed by atoms with van der Waals surface area (Å²) in [5.41, 5.74) is 7.69. The van der Waals surface area contributed by atoms with E-state index in [4.69, 9.17) is 10.9 Å². The van der Waals surface area contributed by atoms with Crippen LogP contribution in [0.2, 0.25) is 0 Å². The van der Waals surface area contributed by atoms with E-state index in [2.05, 4.69) is 15.6 Å². The lowest BCUT2D eigenvalue weighted by Crippen LogP contribution is -2.19. The number of hydrogen-bond acceptors (Lipinski definition) is 4. The topological polar surface area (TPSA) is 88.5 Å². The molecule has 7 heteroatoms. The van der Waals surface area contributed by atoms with Gasteiger partial charge in [0.1, 0.15) is 5.82 Å². The largest absolute Gasteiger partial charge is 0.409 e. The van der Waals surface area contributed by atoms with Crippen LogP contribution in [0.5, 0.6) is 0 Å². The zero-order valence-electron chi connectivity index (χ0n) is 11.8. The molecule has 0 unspecified atom stereocenters. The molecule has 0 radical (unpaired) electrons. The monoisotopic (exact) mass is 291 g/mol. The molecule has 0 amide bonds. The molecule has 0 atom stereocenters. The summed E-state index contributed by atoms with van der Waals surface area (Å²) in [6, 6.07) is 6.30. The van der Waals surface area contributed by atoms with Crippen molar-refractivity contribution in [2.24, 2.45) is 17.9 Å². The van der Waals surface area contributed by atoms with E-state index in [0.717, 1.165) is 24.2 Å². The number of aryl methyl sites for hydroxylation is 1. The smallest absolute Gasteiger partial charge is 0.170 e. The van der Waals surface area contributed by atoms with Crippen LogP contribution in [0.25, 0.3) is 0 Å². The zero-order valence-corrected chi connectivity index (χ0v) is 11.8. The molecule has 21 heavy (non-hydrogen) atoms. The molecule has 0 aliphatic carbocycles. The van der Waals surface area contributed by atoms with Gasteiger partial charge in [-0.3, -0.25) is 4.68 Å². The van der Waals surface area contributed by atoms with Crippen LogP contribution in [-0.4, -0.2) is 27.4 Å². The Labute approximate surface area is 122 Å². The maximum atomic E-state index is 13.5. The number of nitrogens with two attached hydrogens (primary N) is 1. The van der Waals surface area contributed by atoms with Gasteiger partial charge >= 0.3 is 0 Å². The Balaban J connectivity index is 1.91. The SMILES string of the molecule is Cn1nccc1CCNCc1cc(F)cc(/C(N)=N/O)c1. The molecule has 2 rings (SSSR count). The lowest BCUT2D eigenvalue weighted by molar-refractivity contribution is 0.318. The van der Waals surface area contributed by atoms with E-state index < -0.39 is 5.82 Å². The van der Waals surface area contributed by atoms with Crippen LogP contribution < -0.4 is 11.1 Å². The summed E-state index contributed by atoms with van der Waals surface area (Å²) in [4.78, 5) is 0. The number of amidine groups is 1. The average molecular weight is 291 g/mol. The number of rotatable bonds is 6. The van der Waals surface area contributed by atoms with Crippen molar-refractivity contribution in [3.05, 3.63) is 53.1 Å². The Morgan fingerprint density at radius 2 is 2.29 bits per heavy atom. The summed E-state index contributed by atoms with van der Waals surface area (Å²) in [7, 11) is 1.89. The first-order chi connectivity index (χ1) is 10.1. The van der Waals surface area contributed by atoms with Gasteiger partial charge in [-0.2, -0.15) is 5.10 Å². The maximum Gasteiger partial charge on any atom is 0.170 e. The van der Waals surface area contributed by atoms with E-state index in [1.807, 2.05) is 17.8 Å². The van der Waals surface area contributed by atoms with Crippen LogP contribution in [-0.2, 0) is 20.0 Å². The Kier molecular flexibility index (Phi) is 4.89. The maximum absolute atomic E-state index is 13.5. The fourth-order valence-electron chi connectivity index (χ4n) is 2.05. The summed E-state index contributed by atoms with van der Waals surface area (Å²) < 4.78 is 15.3. The summed E-state index contributed by atoms with van der Waals surface area (Å²) in [6.45, 7) is 1.25. The van der Waals surface area contributed by atoms with Crippen LogP contribution in [0.15, 0.2) is 35.6 Å². The van der Waals surface area contributed by atoms with Gasteiger partial charge in [-0.05, 0) is 29.8 Å². The van der Waals surface area contributed by atoms with Crippen molar-refractivity contribution in [1.82, 2.24) is 15.1 Å². The van der Waals surface area contributed by atoms with E-state index in [-0.39, 0.29) is 5.84 Å². The second-order valence-electron chi connectivity index (χ2n) is 4.71. The molecule has 0 aliphatic rings. The molecule has 4 N–H and O–H groups in total. The fourth-order valence-corrected chi connectivity index (χ4v) is 2.05. The van der Waals surface area contributed by atoms with Gasteiger partial charge in [0.05, 0.1) is 0 Å². The summed E-state index contributed by atoms with van der Waals surface area (Å²) in [5, 5.41) is 18.8. The molecule has 0 bridgehead atoms. The standard InChI is InChI=1S/C14H18FN5O/c1-20-13(3-5-18-20)2-4-17-9-10-6-11(14(16)19-21)8-12(15)7-10/h3,5-8,17,21H,2,4,9H2,1H3,(H2,16,19). The molecule has 0 saturated carbocycles. The molecule has 1 heterocycles. The fraction of sp³-hybridized carbons (Fsp3) is 0.286. The molecule has 6 nitrogen and oxygen atoms in total. The number of halogens is 1. The highest BCUT2D eigenvalue weighted by Gasteiger charge is 2.05. The summed E-state index contributed by atoms with van der Waals surface area (Å²) in [5.74, 6) is -0.520. The first-order valence-corrected chi connectivity index (χ1v) is 6.55. The van der Waals surface area contributed by atoms with Gasteiger partial charge < -0.3 is 16.3 Å². The van der Waals surface area contributed by atoms with Crippen LogP contribution in [0, 0.1) is 5.82 Å². The Morgan fingerprint density at radius 1 is 1.48 bits per heavy atom. The summed E-state index contributed by atoms with van der Waals surface area (Å²) in [6.07, 6.45) is 2.59. The number of benzene rings is 1. The molecule has 2 aromatic rings. The third-order valence-electron chi connectivity index (χ3n) is 3.17. The van der Waals surface area contributed by atoms with E-state index in [0.29, 0.717) is 12.1 Å². The van der Waals surface area contributed by atoms with Crippen molar-refractivity contribution in [2.75, 3.05) is 6.54 Å². The molecule has 1 aromatic carbocycles. The lowest BCUT2D eigenvalue weighted by Gasteiger charge is -2.07. The van der Waals surface area contributed by atoms with Crippen LogP contribution >= 0.6 is 0 Å². The van der Waals surface area contributed by atoms with Crippen molar-refractivity contribution in [3.63, 3.8) is 0 Å². The summed E-state index contributed by atoms with van der Waals surface area (Å²) >= 11 is 0. The number of nitrogens with zero attached hydrogens (tertiary/aromatic N) is 3. The highest BCUT2D eigenvalue weighted by Crippen LogP contribution is 2.09. The molecule has 0 fully saturated rings. The van der Waals surface area contributed by atoms with E-state index in [1.165, 1.54) is 12.1 Å². The number of aromatic nitrogens is 2. The predicted molar refractivity (Wildman–Crippen MR) is 77.5 cm³/mol. The number of nitrogens with one attached hydrogen (secondary N) is 1. The molecule has 0 saturated heterocycles. The minimum atomic E-state index is -0.414. The van der Waals surface area contributed by atoms with Gasteiger partial charge in [0.25, 0.3) is 0 Å². The van der Waals surface area contributed by atoms with Gasteiger partial charge in [0.2, 0.25) is 0 Å². The van der Waals surface area contributed by atoms with Gasteiger partial charge in [0, 0.05) is 44.0 Å². The Morgan fingerprint density at radius 3 is 2.95 bits per heavy atom. The predicted octanol–water partition coefficient (Wildman–Crippen LogP) is 0.986. The van der Waals surface area contributed by atoms with Gasteiger partial charge in [0.15, 0.2) is 5.84 Å².